The Morgan fingerprint density at radius 2 is 2.15 bits per heavy atom. The van der Waals surface area contributed by atoms with Crippen molar-refractivity contribution in [1.82, 2.24) is 9.97 Å². The topological polar surface area (TPSA) is 47.0 Å². The highest BCUT2D eigenvalue weighted by Crippen LogP contribution is 2.47. The minimum absolute atomic E-state index is 0.122. The lowest BCUT2D eigenvalue weighted by Crippen LogP contribution is -2.07. The van der Waals surface area contributed by atoms with Gasteiger partial charge in [-0.1, -0.05) is 0 Å². The van der Waals surface area contributed by atoms with E-state index in [1.165, 1.54) is 29.3 Å². The number of methoxy groups -OCH3 is 1. The van der Waals surface area contributed by atoms with E-state index in [9.17, 15) is 13.2 Å². The normalized spacial score (nSPS) is 11.9. The molecule has 3 heterocycles. The summed E-state index contributed by atoms with van der Waals surface area (Å²) in [6.07, 6.45) is -0.575. The average molecular weight is 413 g/mol. The number of halogens is 3. The number of hydrogen-bond donors (Lipinski definition) is 1. The summed E-state index contributed by atoms with van der Waals surface area (Å²) in [4.78, 5) is 8.84. The van der Waals surface area contributed by atoms with E-state index < -0.39 is 11.7 Å². The molecule has 1 N–H and O–H groups in total. The van der Waals surface area contributed by atoms with Gasteiger partial charge in [-0.2, -0.15) is 13.2 Å². The molecule has 0 fully saturated rings. The van der Waals surface area contributed by atoms with Crippen molar-refractivity contribution in [2.45, 2.75) is 16.8 Å². The Labute approximate surface area is 163 Å². The van der Waals surface area contributed by atoms with Crippen molar-refractivity contribution in [1.29, 1.82) is 0 Å². The van der Waals surface area contributed by atoms with Gasteiger partial charge in [0.05, 0.1) is 21.2 Å². The molecule has 0 unspecified atom stereocenters. The molecule has 0 aliphatic rings. The lowest BCUT2D eigenvalue weighted by atomic mass is 10.1. The maximum Gasteiger partial charge on any atom is 0.417 e. The van der Waals surface area contributed by atoms with Gasteiger partial charge < -0.3 is 10.1 Å². The minimum atomic E-state index is -4.48. The van der Waals surface area contributed by atoms with Crippen molar-refractivity contribution >= 4 is 39.0 Å². The van der Waals surface area contributed by atoms with Crippen LogP contribution in [0.5, 0.6) is 0 Å². The van der Waals surface area contributed by atoms with E-state index in [0.717, 1.165) is 22.4 Å². The van der Waals surface area contributed by atoms with Crippen LogP contribution >= 0.6 is 23.1 Å². The standard InChI is InChI=1S/C18H18F3N3OS2/c1-22-15-14-12(18(19,20)21)9-13(11-5-3-6-23-10-11)24-16(14)27-17(15)26-8-4-7-25-2/h3,5-6,9-10,22H,4,7-8H2,1-2H3. The summed E-state index contributed by atoms with van der Waals surface area (Å²) < 4.78 is 47.2. The van der Waals surface area contributed by atoms with Crippen LogP contribution in [-0.2, 0) is 10.9 Å². The number of pyridine rings is 2. The molecule has 144 valence electrons. The molecular weight excluding hydrogens is 395 g/mol. The van der Waals surface area contributed by atoms with Gasteiger partial charge in [0, 0.05) is 49.9 Å². The third kappa shape index (κ3) is 4.36. The number of aromatic nitrogens is 2. The van der Waals surface area contributed by atoms with E-state index in [0.29, 0.717) is 22.7 Å². The summed E-state index contributed by atoms with van der Waals surface area (Å²) >= 11 is 2.79. The van der Waals surface area contributed by atoms with Gasteiger partial charge in [-0.15, -0.1) is 23.1 Å². The molecule has 0 amide bonds. The smallest absolute Gasteiger partial charge is 0.386 e. The number of anilines is 1. The van der Waals surface area contributed by atoms with Gasteiger partial charge in [-0.25, -0.2) is 4.98 Å². The number of ether oxygens (including phenoxy) is 1. The second-order valence-electron chi connectivity index (χ2n) is 5.68. The van der Waals surface area contributed by atoms with Crippen LogP contribution in [0.25, 0.3) is 21.5 Å². The summed E-state index contributed by atoms with van der Waals surface area (Å²) in [7, 11) is 3.26. The van der Waals surface area contributed by atoms with Crippen molar-refractivity contribution in [2.24, 2.45) is 0 Å². The predicted molar refractivity (Wildman–Crippen MR) is 105 cm³/mol. The fourth-order valence-electron chi connectivity index (χ4n) is 2.66. The summed E-state index contributed by atoms with van der Waals surface area (Å²) in [5.41, 5.74) is 0.618. The Bertz CT molecular complexity index is 914. The molecule has 3 rings (SSSR count). The highest BCUT2D eigenvalue weighted by Gasteiger charge is 2.36. The molecule has 0 spiro atoms. The summed E-state index contributed by atoms with van der Waals surface area (Å²) in [6.45, 7) is 0.615. The van der Waals surface area contributed by atoms with Crippen molar-refractivity contribution in [2.75, 3.05) is 31.8 Å². The van der Waals surface area contributed by atoms with Crippen LogP contribution < -0.4 is 5.32 Å². The van der Waals surface area contributed by atoms with Crippen LogP contribution in [-0.4, -0.2) is 36.5 Å². The molecule has 9 heteroatoms. The van der Waals surface area contributed by atoms with Crippen molar-refractivity contribution < 1.29 is 17.9 Å². The van der Waals surface area contributed by atoms with Crippen LogP contribution in [0.15, 0.2) is 34.8 Å². The van der Waals surface area contributed by atoms with Gasteiger partial charge in [0.15, 0.2) is 0 Å². The number of thiophene rings is 1. The van der Waals surface area contributed by atoms with E-state index in [-0.39, 0.29) is 11.1 Å². The van der Waals surface area contributed by atoms with Gasteiger partial charge in [0.1, 0.15) is 4.83 Å². The fraction of sp³-hybridized carbons (Fsp3) is 0.333. The zero-order chi connectivity index (χ0) is 19.4. The van der Waals surface area contributed by atoms with Crippen LogP contribution in [0.4, 0.5) is 18.9 Å². The lowest BCUT2D eigenvalue weighted by molar-refractivity contribution is -0.136. The molecule has 3 aromatic heterocycles. The van der Waals surface area contributed by atoms with E-state index in [2.05, 4.69) is 15.3 Å². The highest BCUT2D eigenvalue weighted by atomic mass is 32.2. The largest absolute Gasteiger partial charge is 0.417 e. The van der Waals surface area contributed by atoms with Crippen LogP contribution in [0.1, 0.15) is 12.0 Å². The first-order valence-electron chi connectivity index (χ1n) is 8.20. The third-order valence-corrected chi connectivity index (χ3v) is 6.31. The van der Waals surface area contributed by atoms with Crippen molar-refractivity contribution in [3.05, 3.63) is 36.2 Å². The Morgan fingerprint density at radius 1 is 1.33 bits per heavy atom. The average Bonchev–Trinajstić information content (AvgIpc) is 3.01. The monoisotopic (exact) mass is 413 g/mol. The molecule has 0 aliphatic heterocycles. The van der Waals surface area contributed by atoms with E-state index >= 15 is 0 Å². The van der Waals surface area contributed by atoms with E-state index in [4.69, 9.17) is 4.74 Å². The van der Waals surface area contributed by atoms with Crippen molar-refractivity contribution in [3.63, 3.8) is 0 Å². The summed E-state index contributed by atoms with van der Waals surface area (Å²) in [6, 6.07) is 4.49. The zero-order valence-corrected chi connectivity index (χ0v) is 16.4. The van der Waals surface area contributed by atoms with Crippen LogP contribution in [0.2, 0.25) is 0 Å². The first kappa shape index (κ1) is 19.9. The molecule has 3 aromatic rings. The predicted octanol–water partition coefficient (Wildman–Crippen LogP) is 5.55. The fourth-order valence-corrected chi connectivity index (χ4v) is 5.12. The number of rotatable bonds is 7. The third-order valence-electron chi connectivity index (χ3n) is 3.87. The molecule has 4 nitrogen and oxygen atoms in total. The van der Waals surface area contributed by atoms with Crippen LogP contribution in [0, 0.1) is 0 Å². The number of alkyl halides is 3. The number of nitrogens with one attached hydrogen (secondary N) is 1. The second-order valence-corrected chi connectivity index (χ2v) is 8.05. The molecule has 0 atom stereocenters. The minimum Gasteiger partial charge on any atom is -0.386 e. The molecule has 0 saturated carbocycles. The first-order chi connectivity index (χ1) is 13.0. The molecule has 27 heavy (non-hydrogen) atoms. The highest BCUT2D eigenvalue weighted by molar-refractivity contribution is 8.01. The molecule has 0 aliphatic carbocycles. The lowest BCUT2D eigenvalue weighted by Gasteiger charge is -2.12. The van der Waals surface area contributed by atoms with Crippen LogP contribution in [0.3, 0.4) is 0 Å². The van der Waals surface area contributed by atoms with Crippen molar-refractivity contribution in [3.8, 4) is 11.3 Å². The van der Waals surface area contributed by atoms with Gasteiger partial charge in [-0.3, -0.25) is 4.98 Å². The molecule has 0 saturated heterocycles. The Balaban J connectivity index is 2.13. The van der Waals surface area contributed by atoms with Gasteiger partial charge in [0.25, 0.3) is 0 Å². The number of hydrogen-bond acceptors (Lipinski definition) is 6. The molecule has 0 bridgehead atoms. The maximum absolute atomic E-state index is 13.8. The van der Waals surface area contributed by atoms with E-state index in [1.54, 1.807) is 32.5 Å². The molecular formula is C18H18F3N3OS2. The maximum atomic E-state index is 13.8. The Hall–Kier alpha value is -1.84. The number of fused-ring (bicyclic) bond motifs is 1. The van der Waals surface area contributed by atoms with E-state index in [1.807, 2.05) is 0 Å². The Morgan fingerprint density at radius 3 is 2.78 bits per heavy atom. The molecule has 0 radical (unpaired) electrons. The molecule has 0 aromatic carbocycles. The first-order valence-corrected chi connectivity index (χ1v) is 10.0. The quantitative estimate of drug-likeness (QED) is 0.407. The van der Waals surface area contributed by atoms with Gasteiger partial charge >= 0.3 is 6.18 Å². The van der Waals surface area contributed by atoms with Gasteiger partial charge in [0.2, 0.25) is 0 Å². The number of thioether (sulfide) groups is 1. The Kier molecular flexibility index (Phi) is 6.23. The second kappa shape index (κ2) is 8.45. The summed E-state index contributed by atoms with van der Waals surface area (Å²) in [5.74, 6) is 0.756. The summed E-state index contributed by atoms with van der Waals surface area (Å²) in [5, 5.41) is 3.06. The SMILES string of the molecule is CNc1c(SCCCOC)sc2nc(-c3cccnc3)cc(C(F)(F)F)c12. The number of nitrogens with zero attached hydrogens (tertiary/aromatic N) is 2. The zero-order valence-electron chi connectivity index (χ0n) is 14.8. The van der Waals surface area contributed by atoms with Gasteiger partial charge in [-0.05, 0) is 24.6 Å².